The lowest BCUT2D eigenvalue weighted by Gasteiger charge is -2.23. The van der Waals surface area contributed by atoms with Crippen LogP contribution in [0.5, 0.6) is 0 Å². The predicted molar refractivity (Wildman–Crippen MR) is 92.2 cm³/mol. The number of benzene rings is 1. The highest BCUT2D eigenvalue weighted by molar-refractivity contribution is 5.92. The molecule has 1 aliphatic rings. The van der Waals surface area contributed by atoms with Crippen LogP contribution in [0.2, 0.25) is 0 Å². The number of hydrogen-bond donors (Lipinski definition) is 1. The Morgan fingerprint density at radius 3 is 2.54 bits per heavy atom. The first-order valence-electron chi connectivity index (χ1n) is 8.55. The second kappa shape index (κ2) is 7.06. The molecule has 1 N–H and O–H groups in total. The van der Waals surface area contributed by atoms with Gasteiger partial charge in [-0.05, 0) is 18.6 Å². The van der Waals surface area contributed by atoms with Crippen LogP contribution in [0.3, 0.4) is 0 Å². The lowest BCUT2D eigenvalue weighted by atomic mass is 9.91. The number of rotatable bonds is 3. The van der Waals surface area contributed by atoms with E-state index in [1.165, 1.54) is 12.3 Å². The monoisotopic (exact) mass is 390 g/mol. The zero-order valence-corrected chi connectivity index (χ0v) is 14.4. The Morgan fingerprint density at radius 2 is 1.82 bits per heavy atom. The van der Waals surface area contributed by atoms with Gasteiger partial charge in [-0.15, -0.1) is 0 Å². The number of carbonyl (C=O) groups is 1. The van der Waals surface area contributed by atoms with Crippen LogP contribution in [0.15, 0.2) is 36.5 Å². The average molecular weight is 390 g/mol. The fraction of sp³-hybridized carbons (Fsp3) is 0.211. The number of nitrogens with one attached hydrogen (secondary N) is 1. The number of fused-ring (bicyclic) bond motifs is 1. The lowest BCUT2D eigenvalue weighted by molar-refractivity contribution is -0.120. The van der Waals surface area contributed by atoms with Crippen molar-refractivity contribution in [2.75, 3.05) is 5.32 Å². The SMILES string of the molecule is O=C(Nc1cc(F)nc(F)c1)C1CCn2ncc(-c3ccc(F)cc3F)c2C1. The van der Waals surface area contributed by atoms with E-state index in [9.17, 15) is 22.4 Å². The molecule has 0 saturated heterocycles. The molecular formula is C19H14F4N4O. The molecule has 144 valence electrons. The molecule has 1 aliphatic heterocycles. The summed E-state index contributed by atoms with van der Waals surface area (Å²) in [6.07, 6.45) is 2.20. The summed E-state index contributed by atoms with van der Waals surface area (Å²) in [6, 6.07) is 5.12. The fourth-order valence-corrected chi connectivity index (χ4v) is 3.37. The first-order valence-corrected chi connectivity index (χ1v) is 8.55. The molecular weight excluding hydrogens is 376 g/mol. The number of nitrogens with zero attached hydrogens (tertiary/aromatic N) is 3. The Hall–Kier alpha value is -3.23. The zero-order chi connectivity index (χ0) is 19.8. The van der Waals surface area contributed by atoms with E-state index in [4.69, 9.17) is 0 Å². The summed E-state index contributed by atoms with van der Waals surface area (Å²) in [7, 11) is 0. The van der Waals surface area contributed by atoms with Gasteiger partial charge in [0.05, 0.1) is 6.20 Å². The standard InChI is InChI=1S/C19H14F4N4O/c20-11-1-2-13(15(21)6-11)14-9-24-27-4-3-10(5-16(14)27)19(28)25-12-7-17(22)26-18(23)8-12/h1-2,6-10H,3-5H2,(H,25,26,28). The second-order valence-corrected chi connectivity index (χ2v) is 6.53. The fourth-order valence-electron chi connectivity index (χ4n) is 3.37. The molecule has 0 radical (unpaired) electrons. The molecule has 1 atom stereocenters. The van der Waals surface area contributed by atoms with Gasteiger partial charge >= 0.3 is 0 Å². The van der Waals surface area contributed by atoms with Crippen molar-refractivity contribution in [3.63, 3.8) is 0 Å². The van der Waals surface area contributed by atoms with Gasteiger partial charge < -0.3 is 5.32 Å². The Morgan fingerprint density at radius 1 is 1.07 bits per heavy atom. The van der Waals surface area contributed by atoms with Gasteiger partial charge in [0.2, 0.25) is 17.8 Å². The Bertz CT molecular complexity index is 1050. The molecule has 3 aromatic rings. The highest BCUT2D eigenvalue weighted by Crippen LogP contribution is 2.32. The van der Waals surface area contributed by atoms with Gasteiger partial charge in [0.15, 0.2) is 0 Å². The first-order chi connectivity index (χ1) is 13.4. The van der Waals surface area contributed by atoms with Crippen molar-refractivity contribution in [2.24, 2.45) is 5.92 Å². The highest BCUT2D eigenvalue weighted by Gasteiger charge is 2.28. The van der Waals surface area contributed by atoms with E-state index in [-0.39, 0.29) is 17.7 Å². The van der Waals surface area contributed by atoms with Gasteiger partial charge in [0.1, 0.15) is 11.6 Å². The molecule has 0 aliphatic carbocycles. The van der Waals surface area contributed by atoms with E-state index in [0.29, 0.717) is 24.2 Å². The summed E-state index contributed by atoms with van der Waals surface area (Å²) >= 11 is 0. The Balaban J connectivity index is 1.57. The molecule has 0 bridgehead atoms. The van der Waals surface area contributed by atoms with Gasteiger partial charge in [-0.3, -0.25) is 9.48 Å². The topological polar surface area (TPSA) is 59.8 Å². The third-order valence-electron chi connectivity index (χ3n) is 4.70. The molecule has 9 heteroatoms. The van der Waals surface area contributed by atoms with Crippen LogP contribution < -0.4 is 5.32 Å². The van der Waals surface area contributed by atoms with Crippen molar-refractivity contribution in [2.45, 2.75) is 19.4 Å². The number of amides is 1. The number of aryl methyl sites for hydroxylation is 1. The largest absolute Gasteiger partial charge is 0.326 e. The average Bonchev–Trinajstić information content (AvgIpc) is 3.04. The van der Waals surface area contributed by atoms with Crippen LogP contribution in [-0.4, -0.2) is 20.7 Å². The maximum Gasteiger partial charge on any atom is 0.227 e. The van der Waals surface area contributed by atoms with Crippen molar-refractivity contribution in [3.05, 3.63) is 65.8 Å². The molecule has 1 unspecified atom stereocenters. The Labute approximate surface area is 157 Å². The molecule has 1 aromatic carbocycles. The summed E-state index contributed by atoms with van der Waals surface area (Å²) < 4.78 is 55.4. The van der Waals surface area contributed by atoms with Gasteiger partial charge in [-0.2, -0.15) is 18.9 Å². The lowest BCUT2D eigenvalue weighted by Crippen LogP contribution is -2.30. The quantitative estimate of drug-likeness (QED) is 0.548. The zero-order valence-electron chi connectivity index (χ0n) is 14.4. The molecule has 28 heavy (non-hydrogen) atoms. The third kappa shape index (κ3) is 3.47. The Kier molecular flexibility index (Phi) is 4.58. The number of hydrogen-bond acceptors (Lipinski definition) is 3. The molecule has 2 aromatic heterocycles. The van der Waals surface area contributed by atoms with E-state index in [1.54, 1.807) is 4.68 Å². The maximum atomic E-state index is 14.2. The molecule has 1 amide bonds. The minimum absolute atomic E-state index is 0.0288. The van der Waals surface area contributed by atoms with E-state index >= 15 is 0 Å². The normalized spacial score (nSPS) is 15.9. The van der Waals surface area contributed by atoms with Crippen LogP contribution >= 0.6 is 0 Å². The second-order valence-electron chi connectivity index (χ2n) is 6.53. The number of pyridine rings is 1. The van der Waals surface area contributed by atoms with Crippen LogP contribution in [0, 0.1) is 29.4 Å². The van der Waals surface area contributed by atoms with Crippen LogP contribution in [0.4, 0.5) is 23.2 Å². The van der Waals surface area contributed by atoms with Gasteiger partial charge in [0.25, 0.3) is 0 Å². The molecule has 4 rings (SSSR count). The summed E-state index contributed by atoms with van der Waals surface area (Å²) in [4.78, 5) is 15.5. The molecule has 0 fully saturated rings. The number of anilines is 1. The smallest absolute Gasteiger partial charge is 0.227 e. The van der Waals surface area contributed by atoms with Gasteiger partial charge in [0, 0.05) is 59.6 Å². The molecule has 5 nitrogen and oxygen atoms in total. The highest BCUT2D eigenvalue weighted by atomic mass is 19.1. The van der Waals surface area contributed by atoms with Crippen LogP contribution in [-0.2, 0) is 17.8 Å². The number of carbonyl (C=O) groups excluding carboxylic acids is 1. The van der Waals surface area contributed by atoms with Crippen molar-refractivity contribution < 1.29 is 22.4 Å². The van der Waals surface area contributed by atoms with E-state index in [2.05, 4.69) is 15.4 Å². The van der Waals surface area contributed by atoms with Crippen molar-refractivity contribution in [1.82, 2.24) is 14.8 Å². The maximum absolute atomic E-state index is 14.2. The number of halogens is 4. The first kappa shape index (κ1) is 18.1. The summed E-state index contributed by atoms with van der Waals surface area (Å²) in [5, 5.41) is 6.70. The molecule has 0 saturated carbocycles. The van der Waals surface area contributed by atoms with E-state index in [0.717, 1.165) is 24.3 Å². The van der Waals surface area contributed by atoms with Gasteiger partial charge in [-0.1, -0.05) is 0 Å². The van der Waals surface area contributed by atoms with E-state index in [1.807, 2.05) is 0 Å². The van der Waals surface area contributed by atoms with Crippen LogP contribution in [0.1, 0.15) is 12.1 Å². The summed E-state index contributed by atoms with van der Waals surface area (Å²) in [5.74, 6) is -4.38. The molecule has 3 heterocycles. The minimum atomic E-state index is -1.04. The minimum Gasteiger partial charge on any atom is -0.326 e. The van der Waals surface area contributed by atoms with Crippen molar-refractivity contribution in [1.29, 1.82) is 0 Å². The summed E-state index contributed by atoms with van der Waals surface area (Å²) in [5.41, 5.74) is 1.29. The number of aromatic nitrogens is 3. The van der Waals surface area contributed by atoms with Gasteiger partial charge in [-0.25, -0.2) is 8.78 Å². The van der Waals surface area contributed by atoms with Crippen molar-refractivity contribution in [3.8, 4) is 11.1 Å². The predicted octanol–water partition coefficient (Wildman–Crippen LogP) is 3.70. The third-order valence-corrected chi connectivity index (χ3v) is 4.70. The summed E-state index contributed by atoms with van der Waals surface area (Å²) in [6.45, 7) is 0.426. The van der Waals surface area contributed by atoms with E-state index < -0.39 is 35.4 Å². The van der Waals surface area contributed by atoms with Crippen molar-refractivity contribution >= 4 is 11.6 Å². The van der Waals surface area contributed by atoms with Crippen LogP contribution in [0.25, 0.3) is 11.1 Å². The molecule has 0 spiro atoms.